The van der Waals surface area contributed by atoms with E-state index in [1.165, 1.54) is 23.6 Å². The number of para-hydroxylation sites is 2. The maximum atomic E-state index is 14.5. The molecule has 4 rings (SSSR count). The lowest BCUT2D eigenvalue weighted by molar-refractivity contribution is 0.0603. The molecule has 0 aliphatic carbocycles. The van der Waals surface area contributed by atoms with Crippen molar-refractivity contribution in [3.63, 3.8) is 0 Å². The van der Waals surface area contributed by atoms with Crippen LogP contribution in [-0.2, 0) is 4.74 Å². The van der Waals surface area contributed by atoms with Gasteiger partial charge in [-0.3, -0.25) is 0 Å². The molecule has 0 aliphatic rings. The molecule has 7 heteroatoms. The first-order valence-corrected chi connectivity index (χ1v) is 8.41. The average molecular weight is 416 g/mol. The molecule has 130 valence electrons. The van der Waals surface area contributed by atoms with Crippen molar-refractivity contribution < 1.29 is 18.3 Å². The minimum absolute atomic E-state index is 0.00729. The van der Waals surface area contributed by atoms with Crippen molar-refractivity contribution >= 4 is 38.5 Å². The number of rotatable bonds is 2. The Kier molecular flexibility index (Phi) is 3.88. The Morgan fingerprint density at radius 3 is 2.69 bits per heavy atom. The van der Waals surface area contributed by atoms with Crippen molar-refractivity contribution in [2.24, 2.45) is 0 Å². The summed E-state index contributed by atoms with van der Waals surface area (Å²) < 4.78 is 26.8. The van der Waals surface area contributed by atoms with Gasteiger partial charge in [0, 0.05) is 21.8 Å². The lowest BCUT2D eigenvalue weighted by atomic mass is 10.0. The van der Waals surface area contributed by atoms with Crippen LogP contribution < -0.4 is 5.63 Å². The Labute approximate surface area is 154 Å². The van der Waals surface area contributed by atoms with Gasteiger partial charge in [-0.15, -0.1) is 0 Å². The number of hydrogen-bond donors (Lipinski definition) is 0. The summed E-state index contributed by atoms with van der Waals surface area (Å²) in [6.07, 6.45) is 1.55. The summed E-state index contributed by atoms with van der Waals surface area (Å²) in [6, 6.07) is 11.4. The first-order valence-electron chi connectivity index (χ1n) is 7.62. The molecule has 0 atom stereocenters. The smallest absolute Gasteiger partial charge is 0.361 e. The lowest BCUT2D eigenvalue weighted by Gasteiger charge is -2.05. The predicted molar refractivity (Wildman–Crippen MR) is 97.9 cm³/mol. The lowest BCUT2D eigenvalue weighted by Crippen LogP contribution is -2.10. The fourth-order valence-corrected chi connectivity index (χ4v) is 3.34. The quantitative estimate of drug-likeness (QED) is 0.455. The normalized spacial score (nSPS) is 11.2. The van der Waals surface area contributed by atoms with Crippen LogP contribution >= 0.6 is 15.9 Å². The third kappa shape index (κ3) is 2.43. The number of ether oxygens (including phenoxy) is 1. The molecule has 0 aliphatic heterocycles. The zero-order valence-electron chi connectivity index (χ0n) is 13.5. The highest BCUT2D eigenvalue weighted by Crippen LogP contribution is 2.33. The Hall–Kier alpha value is -2.93. The second-order valence-electron chi connectivity index (χ2n) is 5.61. The molecule has 0 radical (unpaired) electrons. The van der Waals surface area contributed by atoms with E-state index in [-0.39, 0.29) is 22.2 Å². The topological polar surface area (TPSA) is 60.9 Å². The van der Waals surface area contributed by atoms with Crippen molar-refractivity contribution in [3.8, 4) is 11.1 Å². The molecule has 0 unspecified atom stereocenters. The Morgan fingerprint density at radius 2 is 1.96 bits per heavy atom. The highest BCUT2D eigenvalue weighted by atomic mass is 79.9. The van der Waals surface area contributed by atoms with E-state index in [9.17, 15) is 14.0 Å². The molecule has 0 N–H and O–H groups in total. The van der Waals surface area contributed by atoms with Gasteiger partial charge >= 0.3 is 11.6 Å². The molecule has 0 spiro atoms. The Morgan fingerprint density at radius 1 is 1.19 bits per heavy atom. The van der Waals surface area contributed by atoms with E-state index in [0.717, 1.165) is 0 Å². The number of hydrogen-bond acceptors (Lipinski definition) is 4. The van der Waals surface area contributed by atoms with Gasteiger partial charge in [-0.25, -0.2) is 14.0 Å². The van der Waals surface area contributed by atoms with Gasteiger partial charge in [-0.05, 0) is 24.3 Å². The molecule has 4 aromatic rings. The Bertz CT molecular complexity index is 1240. The van der Waals surface area contributed by atoms with Gasteiger partial charge in [-0.1, -0.05) is 34.1 Å². The number of benzene rings is 2. The molecular weight excluding hydrogens is 405 g/mol. The summed E-state index contributed by atoms with van der Waals surface area (Å²) >= 11 is 3.21. The van der Waals surface area contributed by atoms with E-state index in [0.29, 0.717) is 15.6 Å². The van der Waals surface area contributed by atoms with Crippen LogP contribution in [0.2, 0.25) is 0 Å². The molecule has 2 heterocycles. The number of carbonyl (C=O) groups excluding carboxylic acids is 1. The SMILES string of the molecule is COC(=O)c1c(-c2ccc(Br)cc2F)cn2c1c(=O)oc1ccccc12. The molecule has 0 bridgehead atoms. The van der Waals surface area contributed by atoms with E-state index in [1.54, 1.807) is 36.5 Å². The molecule has 0 saturated carbocycles. The fraction of sp³-hybridized carbons (Fsp3) is 0.0526. The number of carbonyl (C=O) groups is 1. The van der Waals surface area contributed by atoms with Gasteiger partial charge in [0.05, 0.1) is 12.6 Å². The van der Waals surface area contributed by atoms with Crippen LogP contribution in [0.25, 0.3) is 27.7 Å². The fourth-order valence-electron chi connectivity index (χ4n) is 3.01. The first-order chi connectivity index (χ1) is 12.5. The van der Waals surface area contributed by atoms with Gasteiger partial charge in [0.1, 0.15) is 16.9 Å². The molecular formula is C19H11BrFNO4. The van der Waals surface area contributed by atoms with E-state index in [1.807, 2.05) is 0 Å². The highest BCUT2D eigenvalue weighted by molar-refractivity contribution is 9.10. The largest absolute Gasteiger partial charge is 0.465 e. The number of fused-ring (bicyclic) bond motifs is 3. The zero-order valence-corrected chi connectivity index (χ0v) is 15.0. The van der Waals surface area contributed by atoms with Gasteiger partial charge in [-0.2, -0.15) is 0 Å². The molecule has 0 saturated heterocycles. The van der Waals surface area contributed by atoms with Crippen LogP contribution in [0.15, 0.2) is 62.3 Å². The second-order valence-corrected chi connectivity index (χ2v) is 6.53. The van der Waals surface area contributed by atoms with Gasteiger partial charge in [0.2, 0.25) is 0 Å². The van der Waals surface area contributed by atoms with Crippen LogP contribution in [0.5, 0.6) is 0 Å². The van der Waals surface area contributed by atoms with E-state index in [2.05, 4.69) is 15.9 Å². The molecule has 2 aromatic heterocycles. The van der Waals surface area contributed by atoms with Crippen molar-refractivity contribution in [1.82, 2.24) is 4.40 Å². The number of methoxy groups -OCH3 is 1. The van der Waals surface area contributed by atoms with Crippen LogP contribution in [0, 0.1) is 5.82 Å². The maximum Gasteiger partial charge on any atom is 0.361 e. The van der Waals surface area contributed by atoms with Gasteiger partial charge < -0.3 is 13.6 Å². The third-order valence-electron chi connectivity index (χ3n) is 4.14. The molecule has 2 aromatic carbocycles. The van der Waals surface area contributed by atoms with Crippen molar-refractivity contribution in [3.05, 3.63) is 74.9 Å². The standard InChI is InChI=1S/C19H11BrFNO4/c1-25-18(23)16-12(11-7-6-10(20)8-13(11)21)9-22-14-4-2-3-5-15(14)26-19(24)17(16)22/h2-9H,1H3. The average Bonchev–Trinajstić information content (AvgIpc) is 3.02. The molecule has 5 nitrogen and oxygen atoms in total. The summed E-state index contributed by atoms with van der Waals surface area (Å²) in [6.45, 7) is 0. The van der Waals surface area contributed by atoms with E-state index >= 15 is 0 Å². The van der Waals surface area contributed by atoms with Crippen molar-refractivity contribution in [1.29, 1.82) is 0 Å². The van der Waals surface area contributed by atoms with Crippen LogP contribution in [0.3, 0.4) is 0 Å². The van der Waals surface area contributed by atoms with E-state index in [4.69, 9.17) is 9.15 Å². The predicted octanol–water partition coefficient (Wildman–Crippen LogP) is 4.40. The van der Waals surface area contributed by atoms with E-state index < -0.39 is 17.4 Å². The minimum atomic E-state index is -0.743. The number of aromatic nitrogens is 1. The van der Waals surface area contributed by atoms with Crippen LogP contribution in [0.1, 0.15) is 10.4 Å². The molecule has 0 fully saturated rings. The van der Waals surface area contributed by atoms with Crippen molar-refractivity contribution in [2.45, 2.75) is 0 Å². The van der Waals surface area contributed by atoms with Crippen LogP contribution in [-0.4, -0.2) is 17.5 Å². The summed E-state index contributed by atoms with van der Waals surface area (Å²) in [5.74, 6) is -1.28. The van der Waals surface area contributed by atoms with Crippen molar-refractivity contribution in [2.75, 3.05) is 7.11 Å². The number of esters is 1. The minimum Gasteiger partial charge on any atom is -0.465 e. The van der Waals surface area contributed by atoms with Crippen LogP contribution in [0.4, 0.5) is 4.39 Å². The number of nitrogens with zero attached hydrogens (tertiary/aromatic N) is 1. The monoisotopic (exact) mass is 415 g/mol. The third-order valence-corrected chi connectivity index (χ3v) is 4.63. The second kappa shape index (κ2) is 6.10. The summed E-state index contributed by atoms with van der Waals surface area (Å²) in [5, 5.41) is 0. The summed E-state index contributed by atoms with van der Waals surface area (Å²) in [5.41, 5.74) is 0.649. The van der Waals surface area contributed by atoms with Gasteiger partial charge in [0.25, 0.3) is 0 Å². The summed E-state index contributed by atoms with van der Waals surface area (Å²) in [7, 11) is 1.20. The summed E-state index contributed by atoms with van der Waals surface area (Å²) in [4.78, 5) is 24.9. The zero-order chi connectivity index (χ0) is 18.4. The first kappa shape index (κ1) is 16.5. The molecule has 26 heavy (non-hydrogen) atoms. The number of halogens is 2. The molecule has 0 amide bonds. The highest BCUT2D eigenvalue weighted by Gasteiger charge is 2.25. The van der Waals surface area contributed by atoms with Gasteiger partial charge in [0.15, 0.2) is 5.58 Å². The maximum absolute atomic E-state index is 14.5. The Balaban J connectivity index is 2.19.